The fraction of sp³-hybridized carbons (Fsp3) is 0.222. The molecular weight excluding hydrogens is 409 g/mol. The number of anilines is 1. The summed E-state index contributed by atoms with van der Waals surface area (Å²) < 4.78 is 5.19. The van der Waals surface area contributed by atoms with E-state index in [1.54, 1.807) is 13.0 Å². The number of rotatable bonds is 7. The Morgan fingerprint density at radius 2 is 1.89 bits per heavy atom. The van der Waals surface area contributed by atoms with Crippen LogP contribution >= 0.6 is 23.2 Å². The summed E-state index contributed by atoms with van der Waals surface area (Å²) in [6.45, 7) is 1.69. The quantitative estimate of drug-likeness (QED) is 0.533. The zero-order chi connectivity index (χ0) is 20.8. The number of nitro benzene ring substituents is 1. The van der Waals surface area contributed by atoms with Gasteiger partial charge in [0.05, 0.1) is 28.1 Å². The van der Waals surface area contributed by atoms with Gasteiger partial charge in [-0.15, -0.1) is 0 Å². The predicted octanol–water partition coefficient (Wildman–Crippen LogP) is 4.01. The normalized spacial score (nSPS) is 10.3. The maximum absolute atomic E-state index is 12.5. The molecule has 0 heterocycles. The number of hydrogen-bond donors (Lipinski definition) is 1. The first kappa shape index (κ1) is 21.5. The minimum atomic E-state index is -0.626. The lowest BCUT2D eigenvalue weighted by Crippen LogP contribution is -2.35. The van der Waals surface area contributed by atoms with Gasteiger partial charge in [0.15, 0.2) is 5.75 Å². The largest absolute Gasteiger partial charge is 0.487 e. The first-order valence-corrected chi connectivity index (χ1v) is 8.90. The Labute approximate surface area is 171 Å². The lowest BCUT2D eigenvalue weighted by molar-refractivity contribution is -0.385. The van der Waals surface area contributed by atoms with Crippen molar-refractivity contribution in [2.45, 2.75) is 6.92 Å². The molecule has 0 spiro atoms. The van der Waals surface area contributed by atoms with E-state index < -0.39 is 16.7 Å². The predicted molar refractivity (Wildman–Crippen MR) is 106 cm³/mol. The van der Waals surface area contributed by atoms with Gasteiger partial charge in [0, 0.05) is 24.4 Å². The van der Waals surface area contributed by atoms with Crippen molar-refractivity contribution in [3.05, 3.63) is 62.1 Å². The molecule has 0 unspecified atom stereocenters. The molecule has 0 aromatic heterocycles. The molecule has 148 valence electrons. The molecular formula is C18H17Cl2N3O5. The average molecular weight is 426 g/mol. The van der Waals surface area contributed by atoms with Crippen LogP contribution < -0.4 is 10.1 Å². The molecule has 0 fully saturated rings. The summed E-state index contributed by atoms with van der Waals surface area (Å²) in [5, 5.41) is 14.4. The highest BCUT2D eigenvalue weighted by molar-refractivity contribution is 6.42. The fourth-order valence-electron chi connectivity index (χ4n) is 2.35. The van der Waals surface area contributed by atoms with Crippen LogP contribution in [0.1, 0.15) is 17.3 Å². The first-order valence-electron chi connectivity index (χ1n) is 8.14. The second-order valence-electron chi connectivity index (χ2n) is 5.71. The molecule has 2 aromatic rings. The number of carbonyl (C=O) groups excluding carboxylic acids is 2. The average Bonchev–Trinajstić information content (AvgIpc) is 2.64. The summed E-state index contributed by atoms with van der Waals surface area (Å²) in [6, 6.07) is 8.49. The van der Waals surface area contributed by atoms with E-state index in [-0.39, 0.29) is 35.2 Å². The topological polar surface area (TPSA) is 102 Å². The molecule has 0 aliphatic rings. The summed E-state index contributed by atoms with van der Waals surface area (Å²) >= 11 is 11.7. The second-order valence-corrected chi connectivity index (χ2v) is 6.53. The zero-order valence-electron chi connectivity index (χ0n) is 15.1. The van der Waals surface area contributed by atoms with Crippen molar-refractivity contribution in [2.75, 3.05) is 25.5 Å². The highest BCUT2D eigenvalue weighted by Crippen LogP contribution is 2.28. The lowest BCUT2D eigenvalue weighted by atomic mass is 10.1. The van der Waals surface area contributed by atoms with E-state index in [2.05, 4.69) is 5.32 Å². The number of hydrogen-bond acceptors (Lipinski definition) is 5. The summed E-state index contributed by atoms with van der Waals surface area (Å²) in [6.07, 6.45) is 0. The van der Waals surface area contributed by atoms with Crippen molar-refractivity contribution < 1.29 is 19.2 Å². The smallest absolute Gasteiger partial charge is 0.311 e. The van der Waals surface area contributed by atoms with Crippen LogP contribution in [-0.2, 0) is 4.79 Å². The number of nitrogens with zero attached hydrogens (tertiary/aromatic N) is 2. The van der Waals surface area contributed by atoms with Gasteiger partial charge in [-0.25, -0.2) is 0 Å². The zero-order valence-corrected chi connectivity index (χ0v) is 16.6. The summed E-state index contributed by atoms with van der Waals surface area (Å²) in [5.41, 5.74) is 0.179. The molecule has 10 heteroatoms. The molecule has 0 aliphatic carbocycles. The Balaban J connectivity index is 2.09. The van der Waals surface area contributed by atoms with E-state index in [0.717, 1.165) is 11.0 Å². The fourth-order valence-corrected chi connectivity index (χ4v) is 2.65. The van der Waals surface area contributed by atoms with Crippen LogP contribution in [0.25, 0.3) is 0 Å². The third kappa shape index (κ3) is 5.34. The third-order valence-corrected chi connectivity index (χ3v) is 4.37. The molecule has 0 radical (unpaired) electrons. The van der Waals surface area contributed by atoms with E-state index in [4.69, 9.17) is 27.9 Å². The maximum atomic E-state index is 12.5. The van der Waals surface area contributed by atoms with Crippen molar-refractivity contribution in [2.24, 2.45) is 0 Å². The van der Waals surface area contributed by atoms with Gasteiger partial charge in [-0.05, 0) is 37.3 Å². The minimum absolute atomic E-state index is 0.0694. The maximum Gasteiger partial charge on any atom is 0.311 e. The van der Waals surface area contributed by atoms with Crippen LogP contribution in [0.3, 0.4) is 0 Å². The van der Waals surface area contributed by atoms with Crippen molar-refractivity contribution in [1.82, 2.24) is 4.90 Å². The Bertz CT molecular complexity index is 920. The Morgan fingerprint density at radius 3 is 2.50 bits per heavy atom. The Morgan fingerprint density at radius 1 is 1.18 bits per heavy atom. The van der Waals surface area contributed by atoms with E-state index in [9.17, 15) is 19.7 Å². The molecule has 0 saturated carbocycles. The van der Waals surface area contributed by atoms with Crippen molar-refractivity contribution in [1.29, 1.82) is 0 Å². The van der Waals surface area contributed by atoms with Crippen LogP contribution in [0.15, 0.2) is 36.4 Å². The number of halogens is 2. The third-order valence-electron chi connectivity index (χ3n) is 3.63. The Kier molecular flexibility index (Phi) is 7.19. The van der Waals surface area contributed by atoms with E-state index >= 15 is 0 Å². The van der Waals surface area contributed by atoms with Crippen LogP contribution in [-0.4, -0.2) is 41.8 Å². The second kappa shape index (κ2) is 9.38. The van der Waals surface area contributed by atoms with E-state index in [1.807, 2.05) is 0 Å². The number of nitro groups is 1. The van der Waals surface area contributed by atoms with Gasteiger partial charge in [0.2, 0.25) is 5.91 Å². The SMILES string of the molecule is CCOc1ccc(C(=O)N(C)CC(=O)Nc2ccc(Cl)c(Cl)c2)cc1[N+](=O)[O-]. The summed E-state index contributed by atoms with van der Waals surface area (Å²) in [5.74, 6) is -0.936. The highest BCUT2D eigenvalue weighted by Gasteiger charge is 2.21. The van der Waals surface area contributed by atoms with Crippen LogP contribution in [0, 0.1) is 10.1 Å². The number of amides is 2. The summed E-state index contributed by atoms with van der Waals surface area (Å²) in [4.78, 5) is 36.4. The number of nitrogens with one attached hydrogen (secondary N) is 1. The number of benzene rings is 2. The molecule has 2 amide bonds. The lowest BCUT2D eigenvalue weighted by Gasteiger charge is -2.17. The Hall–Kier alpha value is -2.84. The molecule has 28 heavy (non-hydrogen) atoms. The van der Waals surface area contributed by atoms with Gasteiger partial charge in [-0.1, -0.05) is 23.2 Å². The van der Waals surface area contributed by atoms with Crippen LogP contribution in [0.4, 0.5) is 11.4 Å². The van der Waals surface area contributed by atoms with Gasteiger partial charge < -0.3 is 15.0 Å². The molecule has 2 aromatic carbocycles. The number of ether oxygens (including phenoxy) is 1. The van der Waals surface area contributed by atoms with E-state index in [0.29, 0.717) is 10.7 Å². The van der Waals surface area contributed by atoms with E-state index in [1.165, 1.54) is 31.3 Å². The van der Waals surface area contributed by atoms with Gasteiger partial charge >= 0.3 is 5.69 Å². The first-order chi connectivity index (χ1) is 13.2. The molecule has 0 aliphatic heterocycles. The molecule has 1 N–H and O–H groups in total. The monoisotopic (exact) mass is 425 g/mol. The summed E-state index contributed by atoms with van der Waals surface area (Å²) in [7, 11) is 1.42. The van der Waals surface area contributed by atoms with Crippen LogP contribution in [0.5, 0.6) is 5.75 Å². The molecule has 0 saturated heterocycles. The highest BCUT2D eigenvalue weighted by atomic mass is 35.5. The van der Waals surface area contributed by atoms with Gasteiger partial charge in [-0.2, -0.15) is 0 Å². The number of carbonyl (C=O) groups is 2. The van der Waals surface area contributed by atoms with Crippen LogP contribution in [0.2, 0.25) is 10.0 Å². The molecule has 2 rings (SSSR count). The number of likely N-dealkylation sites (N-methyl/N-ethyl adjacent to an activating group) is 1. The molecule has 0 bridgehead atoms. The van der Waals surface area contributed by atoms with Gasteiger partial charge in [-0.3, -0.25) is 19.7 Å². The van der Waals surface area contributed by atoms with Gasteiger partial charge in [0.25, 0.3) is 5.91 Å². The molecule has 0 atom stereocenters. The van der Waals surface area contributed by atoms with Crippen molar-refractivity contribution >= 4 is 46.4 Å². The minimum Gasteiger partial charge on any atom is -0.487 e. The molecule has 8 nitrogen and oxygen atoms in total. The standard InChI is InChI=1S/C18H17Cl2N3O5/c1-3-28-16-7-4-11(8-15(16)23(26)27)18(25)22(2)10-17(24)21-12-5-6-13(19)14(20)9-12/h4-9H,3,10H2,1-2H3,(H,21,24). The van der Waals surface area contributed by atoms with Crippen molar-refractivity contribution in [3.63, 3.8) is 0 Å². The van der Waals surface area contributed by atoms with Crippen molar-refractivity contribution in [3.8, 4) is 5.75 Å². The van der Waals surface area contributed by atoms with Gasteiger partial charge in [0.1, 0.15) is 0 Å².